The normalized spacial score (nSPS) is 12.0. The highest BCUT2D eigenvalue weighted by Crippen LogP contribution is 2.31. The van der Waals surface area contributed by atoms with E-state index in [9.17, 15) is 9.90 Å². The first-order valence-electron chi connectivity index (χ1n) is 14.3. The van der Waals surface area contributed by atoms with Crippen molar-refractivity contribution < 1.29 is 24.1 Å². The summed E-state index contributed by atoms with van der Waals surface area (Å²) in [4.78, 5) is 12.1. The monoisotopic (exact) mass is 568 g/mol. The van der Waals surface area contributed by atoms with Gasteiger partial charge in [-0.15, -0.1) is 0 Å². The lowest BCUT2D eigenvalue weighted by atomic mass is 9.89. The molecular weight excluding hydrogens is 524 g/mol. The third-order valence-electron chi connectivity index (χ3n) is 7.63. The van der Waals surface area contributed by atoms with Gasteiger partial charge in [-0.25, -0.2) is 4.79 Å². The molecule has 4 aromatic rings. The summed E-state index contributed by atoms with van der Waals surface area (Å²) in [6.07, 6.45) is 1.84. The standard InChI is InChI=1S/C19H22O3.C18H22O2/c1-13(10-15-8-6-5-7-9-15)16-11-14(2)18(21-3)12-17(16)19(20)22-4;1-13(9-15-7-5-4-6-8-15)17-10-14(2)18(20-3)11-16(17)12-19/h5-9,11-13H,10H2,1-4H3;4-8,10-11,13,19H,9,12H2,1-3H3. The number of hydrogen-bond acceptors (Lipinski definition) is 5. The van der Waals surface area contributed by atoms with E-state index < -0.39 is 0 Å². The molecule has 2 atom stereocenters. The van der Waals surface area contributed by atoms with Gasteiger partial charge in [-0.2, -0.15) is 0 Å². The molecule has 0 fully saturated rings. The largest absolute Gasteiger partial charge is 0.496 e. The first-order chi connectivity index (χ1) is 20.2. The van der Waals surface area contributed by atoms with Gasteiger partial charge in [-0.05, 0) is 89.6 Å². The van der Waals surface area contributed by atoms with Crippen molar-refractivity contribution in [2.75, 3.05) is 21.3 Å². The number of aliphatic hydroxyl groups excluding tert-OH is 1. The second kappa shape index (κ2) is 15.8. The van der Waals surface area contributed by atoms with Gasteiger partial charge in [-0.1, -0.05) is 86.6 Å². The summed E-state index contributed by atoms with van der Waals surface area (Å²) in [6.45, 7) is 8.40. The van der Waals surface area contributed by atoms with E-state index in [0.717, 1.165) is 40.8 Å². The van der Waals surface area contributed by atoms with Crippen LogP contribution < -0.4 is 9.47 Å². The molecule has 1 N–H and O–H groups in total. The van der Waals surface area contributed by atoms with Crippen molar-refractivity contribution in [2.24, 2.45) is 0 Å². The topological polar surface area (TPSA) is 65.0 Å². The molecule has 5 nitrogen and oxygen atoms in total. The Morgan fingerprint density at radius 1 is 0.690 bits per heavy atom. The fourth-order valence-electron chi connectivity index (χ4n) is 5.35. The minimum absolute atomic E-state index is 0.0467. The van der Waals surface area contributed by atoms with E-state index in [0.29, 0.717) is 17.2 Å². The van der Waals surface area contributed by atoms with Crippen LogP contribution in [-0.2, 0) is 24.2 Å². The number of rotatable bonds is 10. The molecule has 2 unspecified atom stereocenters. The van der Waals surface area contributed by atoms with Crippen LogP contribution in [0.1, 0.15) is 75.0 Å². The maximum absolute atomic E-state index is 12.1. The summed E-state index contributed by atoms with van der Waals surface area (Å²) in [5.41, 5.74) is 8.43. The summed E-state index contributed by atoms with van der Waals surface area (Å²) in [5, 5.41) is 9.59. The molecule has 0 aromatic heterocycles. The lowest BCUT2D eigenvalue weighted by Crippen LogP contribution is -2.10. The van der Waals surface area contributed by atoms with Crippen LogP contribution in [0.2, 0.25) is 0 Å². The molecule has 0 heterocycles. The lowest BCUT2D eigenvalue weighted by molar-refractivity contribution is 0.0598. The molecule has 5 heteroatoms. The zero-order valence-electron chi connectivity index (χ0n) is 25.9. The van der Waals surface area contributed by atoms with Gasteiger partial charge in [0.05, 0.1) is 33.5 Å². The van der Waals surface area contributed by atoms with Crippen molar-refractivity contribution >= 4 is 5.97 Å². The molecule has 0 saturated heterocycles. The second-order valence-corrected chi connectivity index (χ2v) is 10.8. The van der Waals surface area contributed by atoms with Crippen molar-refractivity contribution in [3.63, 3.8) is 0 Å². The number of ether oxygens (including phenoxy) is 3. The number of aryl methyl sites for hydroxylation is 2. The quantitative estimate of drug-likeness (QED) is 0.197. The predicted octanol–water partition coefficient (Wildman–Crippen LogP) is 7.98. The summed E-state index contributed by atoms with van der Waals surface area (Å²) in [5.74, 6) is 1.79. The summed E-state index contributed by atoms with van der Waals surface area (Å²) >= 11 is 0. The van der Waals surface area contributed by atoms with Crippen LogP contribution in [0.5, 0.6) is 11.5 Å². The van der Waals surface area contributed by atoms with Gasteiger partial charge in [0, 0.05) is 0 Å². The van der Waals surface area contributed by atoms with Gasteiger partial charge < -0.3 is 19.3 Å². The third-order valence-corrected chi connectivity index (χ3v) is 7.63. The van der Waals surface area contributed by atoms with Gasteiger partial charge in [0.25, 0.3) is 0 Å². The minimum Gasteiger partial charge on any atom is -0.496 e. The van der Waals surface area contributed by atoms with Crippen LogP contribution in [-0.4, -0.2) is 32.4 Å². The molecule has 0 aliphatic rings. The Hall–Kier alpha value is -4.09. The Bertz CT molecular complexity index is 1430. The van der Waals surface area contributed by atoms with Crippen LogP contribution in [0, 0.1) is 13.8 Å². The van der Waals surface area contributed by atoms with Gasteiger partial charge in [0.2, 0.25) is 0 Å². The van der Waals surface area contributed by atoms with Crippen molar-refractivity contribution in [2.45, 2.75) is 59.0 Å². The number of aliphatic hydroxyl groups is 1. The average Bonchev–Trinajstić information content (AvgIpc) is 3.01. The van der Waals surface area contributed by atoms with Gasteiger partial charge in [-0.3, -0.25) is 0 Å². The lowest BCUT2D eigenvalue weighted by Gasteiger charge is -2.18. The van der Waals surface area contributed by atoms with Crippen LogP contribution in [0.3, 0.4) is 0 Å². The molecule has 0 saturated carbocycles. The Labute approximate surface area is 251 Å². The van der Waals surface area contributed by atoms with E-state index in [1.807, 2.05) is 50.2 Å². The molecule has 0 amide bonds. The number of methoxy groups -OCH3 is 3. The molecule has 0 aliphatic carbocycles. The molecule has 4 rings (SSSR count). The van der Waals surface area contributed by atoms with Crippen LogP contribution in [0.15, 0.2) is 84.9 Å². The zero-order valence-corrected chi connectivity index (χ0v) is 25.9. The van der Waals surface area contributed by atoms with Gasteiger partial charge in [0.15, 0.2) is 0 Å². The number of esters is 1. The Kier molecular flexibility index (Phi) is 12.2. The SMILES string of the molecule is COC(=O)c1cc(OC)c(C)cc1C(C)Cc1ccccc1.COc1cc(CO)c(C(C)Cc2ccccc2)cc1C. The molecule has 0 spiro atoms. The van der Waals surface area contributed by atoms with Crippen LogP contribution in [0.25, 0.3) is 0 Å². The third kappa shape index (κ3) is 8.46. The maximum Gasteiger partial charge on any atom is 0.338 e. The molecule has 222 valence electrons. The van der Waals surface area contributed by atoms with Crippen LogP contribution in [0.4, 0.5) is 0 Å². The van der Waals surface area contributed by atoms with Crippen molar-refractivity contribution in [1.82, 2.24) is 0 Å². The Morgan fingerprint density at radius 3 is 1.60 bits per heavy atom. The highest BCUT2D eigenvalue weighted by atomic mass is 16.5. The zero-order chi connectivity index (χ0) is 30.6. The van der Waals surface area contributed by atoms with E-state index in [4.69, 9.17) is 14.2 Å². The highest BCUT2D eigenvalue weighted by Gasteiger charge is 2.20. The van der Waals surface area contributed by atoms with E-state index in [1.54, 1.807) is 20.3 Å². The van der Waals surface area contributed by atoms with E-state index in [2.05, 4.69) is 56.3 Å². The smallest absolute Gasteiger partial charge is 0.338 e. The van der Waals surface area contributed by atoms with E-state index in [1.165, 1.54) is 23.8 Å². The first kappa shape index (κ1) is 32.4. The molecule has 0 radical (unpaired) electrons. The average molecular weight is 569 g/mol. The van der Waals surface area contributed by atoms with Gasteiger partial charge >= 0.3 is 5.97 Å². The second-order valence-electron chi connectivity index (χ2n) is 10.8. The first-order valence-corrected chi connectivity index (χ1v) is 14.3. The van der Waals surface area contributed by atoms with E-state index >= 15 is 0 Å². The number of hydrogen-bond donors (Lipinski definition) is 1. The molecular formula is C37H44O5. The number of carbonyl (C=O) groups is 1. The minimum atomic E-state index is -0.326. The maximum atomic E-state index is 12.1. The van der Waals surface area contributed by atoms with E-state index in [-0.39, 0.29) is 18.5 Å². The molecule has 0 bridgehead atoms. The van der Waals surface area contributed by atoms with Crippen molar-refractivity contribution in [3.05, 3.63) is 129 Å². The molecule has 0 aliphatic heterocycles. The Morgan fingerprint density at radius 2 is 1.14 bits per heavy atom. The highest BCUT2D eigenvalue weighted by molar-refractivity contribution is 5.92. The number of carbonyl (C=O) groups excluding carboxylic acids is 1. The number of benzene rings is 4. The summed E-state index contributed by atoms with van der Waals surface area (Å²) in [6, 6.07) is 28.6. The predicted molar refractivity (Wildman–Crippen MR) is 170 cm³/mol. The van der Waals surface area contributed by atoms with Crippen molar-refractivity contribution in [1.29, 1.82) is 0 Å². The fourth-order valence-corrected chi connectivity index (χ4v) is 5.35. The summed E-state index contributed by atoms with van der Waals surface area (Å²) in [7, 11) is 4.67. The van der Waals surface area contributed by atoms with Crippen molar-refractivity contribution in [3.8, 4) is 11.5 Å². The van der Waals surface area contributed by atoms with Crippen LogP contribution >= 0.6 is 0 Å². The summed E-state index contributed by atoms with van der Waals surface area (Å²) < 4.78 is 15.6. The van der Waals surface area contributed by atoms with Gasteiger partial charge in [0.1, 0.15) is 11.5 Å². The Balaban J connectivity index is 0.000000231. The molecule has 42 heavy (non-hydrogen) atoms. The molecule has 4 aromatic carbocycles. The fraction of sp³-hybridized carbons (Fsp3) is 0.324.